The molecule has 0 spiro atoms. The topological polar surface area (TPSA) is 97.7 Å². The third kappa shape index (κ3) is 3.75. The van der Waals surface area contributed by atoms with Crippen molar-refractivity contribution in [2.45, 2.75) is 13.0 Å². The number of nitrogens with one attached hydrogen (secondary N) is 2. The van der Waals surface area contributed by atoms with Gasteiger partial charge in [0.15, 0.2) is 5.43 Å². The lowest BCUT2D eigenvalue weighted by Crippen LogP contribution is -2.18. The van der Waals surface area contributed by atoms with Crippen molar-refractivity contribution < 1.29 is 4.74 Å². The SMILES string of the molecule is O=c1c(Cc2cccnc2)cn2c3c(cc(OCc4cccc5n[nH]nc45)cc13)Nc1cc(Br)ccc1-2. The standard InChI is InChI=1S/C28H19BrN6O2/c29-19-6-7-25-23(10-19)31-24-12-20(37-15-17-4-1-5-22-26(17)33-34-32-22)11-21-27(24)35(25)14-18(28(21)36)9-16-3-2-8-30-13-16/h1-8,10-14,31H,9,15H2,(H,32,33,34). The molecule has 7 rings (SSSR count). The number of rotatable bonds is 5. The number of hydrogen-bond acceptors (Lipinski definition) is 6. The van der Waals surface area contributed by atoms with Gasteiger partial charge in [-0.1, -0.05) is 34.1 Å². The summed E-state index contributed by atoms with van der Waals surface area (Å²) < 4.78 is 9.27. The Balaban J connectivity index is 1.37. The van der Waals surface area contributed by atoms with E-state index in [1.54, 1.807) is 12.4 Å². The molecular formula is C28H19BrN6O2. The molecule has 2 N–H and O–H groups in total. The van der Waals surface area contributed by atoms with E-state index in [0.717, 1.165) is 49.2 Å². The third-order valence-electron chi connectivity index (χ3n) is 6.58. The summed E-state index contributed by atoms with van der Waals surface area (Å²) in [6, 6.07) is 19.5. The summed E-state index contributed by atoms with van der Waals surface area (Å²) in [5, 5.41) is 15.1. The number of benzene rings is 3. The van der Waals surface area contributed by atoms with Gasteiger partial charge >= 0.3 is 0 Å². The minimum atomic E-state index is -0.0252. The fraction of sp³-hybridized carbons (Fsp3) is 0.0714. The van der Waals surface area contributed by atoms with Gasteiger partial charge in [0, 0.05) is 46.7 Å². The first-order valence-corrected chi connectivity index (χ1v) is 12.5. The lowest BCUT2D eigenvalue weighted by atomic mass is 10.0. The van der Waals surface area contributed by atoms with E-state index in [1.165, 1.54) is 0 Å². The predicted molar refractivity (Wildman–Crippen MR) is 146 cm³/mol. The monoisotopic (exact) mass is 550 g/mol. The molecule has 0 aliphatic carbocycles. The quantitative estimate of drug-likeness (QED) is 0.287. The lowest BCUT2D eigenvalue weighted by molar-refractivity contribution is 0.308. The molecule has 0 bridgehead atoms. The van der Waals surface area contributed by atoms with Crippen molar-refractivity contribution in [2.75, 3.05) is 5.32 Å². The van der Waals surface area contributed by atoms with Crippen molar-refractivity contribution >= 4 is 49.2 Å². The van der Waals surface area contributed by atoms with Gasteiger partial charge in [-0.2, -0.15) is 15.4 Å². The molecule has 0 saturated carbocycles. The van der Waals surface area contributed by atoms with Gasteiger partial charge in [0.25, 0.3) is 0 Å². The van der Waals surface area contributed by atoms with Crippen LogP contribution in [-0.4, -0.2) is 25.0 Å². The highest BCUT2D eigenvalue weighted by Crippen LogP contribution is 2.40. The van der Waals surface area contributed by atoms with Crippen LogP contribution in [-0.2, 0) is 13.0 Å². The minimum Gasteiger partial charge on any atom is -0.489 e. The van der Waals surface area contributed by atoms with E-state index in [2.05, 4.69) is 46.2 Å². The van der Waals surface area contributed by atoms with Crippen LogP contribution in [0.1, 0.15) is 16.7 Å². The van der Waals surface area contributed by atoms with Crippen LogP contribution in [0.25, 0.3) is 27.6 Å². The van der Waals surface area contributed by atoms with Crippen molar-refractivity contribution in [3.63, 3.8) is 0 Å². The van der Waals surface area contributed by atoms with Crippen LogP contribution in [0.5, 0.6) is 5.75 Å². The zero-order chi connectivity index (χ0) is 24.9. The first-order chi connectivity index (χ1) is 18.1. The number of halogens is 1. The number of ether oxygens (including phenoxy) is 1. The highest BCUT2D eigenvalue weighted by Gasteiger charge is 2.22. The normalized spacial score (nSPS) is 11.9. The lowest BCUT2D eigenvalue weighted by Gasteiger charge is -2.26. The predicted octanol–water partition coefficient (Wildman–Crippen LogP) is 5.65. The summed E-state index contributed by atoms with van der Waals surface area (Å²) >= 11 is 3.57. The summed E-state index contributed by atoms with van der Waals surface area (Å²) in [6.07, 6.45) is 5.95. The smallest absolute Gasteiger partial charge is 0.193 e. The third-order valence-corrected chi connectivity index (χ3v) is 7.07. The van der Waals surface area contributed by atoms with E-state index in [1.807, 2.05) is 66.9 Å². The van der Waals surface area contributed by atoms with Crippen molar-refractivity contribution in [1.82, 2.24) is 25.0 Å². The van der Waals surface area contributed by atoms with Gasteiger partial charge in [0.1, 0.15) is 23.4 Å². The number of para-hydroxylation sites is 1. The molecule has 0 radical (unpaired) electrons. The Kier molecular flexibility index (Phi) is 5.03. The second kappa shape index (κ2) is 8.56. The van der Waals surface area contributed by atoms with Crippen molar-refractivity contribution in [2.24, 2.45) is 0 Å². The van der Waals surface area contributed by atoms with E-state index in [9.17, 15) is 4.79 Å². The number of H-pyrrole nitrogens is 1. The first kappa shape index (κ1) is 21.8. The molecule has 6 aromatic rings. The van der Waals surface area contributed by atoms with Gasteiger partial charge in [-0.3, -0.25) is 9.78 Å². The van der Waals surface area contributed by atoms with Crippen LogP contribution < -0.4 is 15.5 Å². The molecule has 4 heterocycles. The van der Waals surface area contributed by atoms with E-state index >= 15 is 0 Å². The summed E-state index contributed by atoms with van der Waals surface area (Å²) in [5.41, 5.74) is 7.63. The summed E-state index contributed by atoms with van der Waals surface area (Å²) in [5.74, 6) is 0.594. The maximum absolute atomic E-state index is 13.8. The molecule has 0 unspecified atom stereocenters. The van der Waals surface area contributed by atoms with Gasteiger partial charge in [0.2, 0.25) is 0 Å². The van der Waals surface area contributed by atoms with E-state index < -0.39 is 0 Å². The summed E-state index contributed by atoms with van der Waals surface area (Å²) in [6.45, 7) is 0.292. The van der Waals surface area contributed by atoms with Crippen LogP contribution in [0.15, 0.2) is 88.5 Å². The second-order valence-electron chi connectivity index (χ2n) is 8.94. The average Bonchev–Trinajstić information content (AvgIpc) is 3.40. The number of pyridine rings is 2. The number of anilines is 2. The molecule has 1 aliphatic heterocycles. The van der Waals surface area contributed by atoms with Crippen LogP contribution in [0.4, 0.5) is 11.4 Å². The maximum atomic E-state index is 13.8. The Bertz CT molecular complexity index is 1880. The molecule has 0 saturated heterocycles. The van der Waals surface area contributed by atoms with Crippen molar-refractivity contribution in [3.8, 4) is 11.4 Å². The van der Waals surface area contributed by atoms with Crippen LogP contribution in [0.3, 0.4) is 0 Å². The number of aromatic amines is 1. The Labute approximate surface area is 219 Å². The fourth-order valence-corrected chi connectivity index (χ4v) is 5.24. The molecular weight excluding hydrogens is 532 g/mol. The molecule has 0 atom stereocenters. The Hall–Kier alpha value is -4.50. The molecule has 9 heteroatoms. The highest BCUT2D eigenvalue weighted by molar-refractivity contribution is 9.10. The molecule has 8 nitrogen and oxygen atoms in total. The number of hydrogen-bond donors (Lipinski definition) is 2. The number of aromatic nitrogens is 5. The summed E-state index contributed by atoms with van der Waals surface area (Å²) in [4.78, 5) is 18.0. The molecule has 3 aromatic heterocycles. The van der Waals surface area contributed by atoms with Crippen molar-refractivity contribution in [3.05, 3.63) is 111 Å². The van der Waals surface area contributed by atoms with E-state index in [-0.39, 0.29) is 5.43 Å². The first-order valence-electron chi connectivity index (χ1n) is 11.7. The Morgan fingerprint density at radius 2 is 1.92 bits per heavy atom. The average molecular weight is 551 g/mol. The van der Waals surface area contributed by atoms with Crippen LogP contribution >= 0.6 is 15.9 Å². The van der Waals surface area contributed by atoms with Gasteiger partial charge in [-0.25, -0.2) is 0 Å². The fourth-order valence-electron chi connectivity index (χ4n) is 4.88. The molecule has 37 heavy (non-hydrogen) atoms. The van der Waals surface area contributed by atoms with Crippen LogP contribution in [0.2, 0.25) is 0 Å². The number of fused-ring (bicyclic) bond motifs is 3. The zero-order valence-electron chi connectivity index (χ0n) is 19.4. The highest BCUT2D eigenvalue weighted by atomic mass is 79.9. The Morgan fingerprint density at radius 3 is 2.81 bits per heavy atom. The molecule has 1 aliphatic rings. The zero-order valence-corrected chi connectivity index (χ0v) is 21.0. The van der Waals surface area contributed by atoms with Gasteiger partial charge in [0.05, 0.1) is 28.0 Å². The van der Waals surface area contributed by atoms with Gasteiger partial charge in [-0.05, 0) is 42.0 Å². The second-order valence-corrected chi connectivity index (χ2v) is 9.86. The minimum absolute atomic E-state index is 0.0252. The maximum Gasteiger partial charge on any atom is 0.193 e. The van der Waals surface area contributed by atoms with Gasteiger partial charge < -0.3 is 14.6 Å². The van der Waals surface area contributed by atoms with E-state index in [4.69, 9.17) is 4.74 Å². The molecule has 180 valence electrons. The van der Waals surface area contributed by atoms with E-state index in [0.29, 0.717) is 29.7 Å². The van der Waals surface area contributed by atoms with Gasteiger partial charge in [-0.15, -0.1) is 0 Å². The number of nitrogens with zero attached hydrogens (tertiary/aromatic N) is 4. The molecule has 0 fully saturated rings. The Morgan fingerprint density at radius 1 is 0.973 bits per heavy atom. The molecule has 3 aromatic carbocycles. The van der Waals surface area contributed by atoms with Crippen molar-refractivity contribution in [1.29, 1.82) is 0 Å². The largest absolute Gasteiger partial charge is 0.489 e. The van der Waals surface area contributed by atoms with Crippen LogP contribution in [0, 0.1) is 0 Å². The summed E-state index contributed by atoms with van der Waals surface area (Å²) in [7, 11) is 0. The molecule has 0 amide bonds.